The molecule has 1 atom stereocenters. The Balaban J connectivity index is 0.00000220. The molecule has 11 heteroatoms. The molecule has 2 rings (SSSR count). The van der Waals surface area contributed by atoms with Crippen molar-refractivity contribution in [2.45, 2.75) is 12.0 Å². The number of benzene rings is 1. The van der Waals surface area contributed by atoms with E-state index in [4.69, 9.17) is 0 Å². The number of alkyl carbamates (subject to hydrolysis) is 1. The van der Waals surface area contributed by atoms with E-state index in [2.05, 4.69) is 4.74 Å². The molecular weight excluding hydrogens is 318 g/mol. The summed E-state index contributed by atoms with van der Waals surface area (Å²) in [5.41, 5.74) is -1.37. The van der Waals surface area contributed by atoms with Gasteiger partial charge in [-0.1, -0.05) is 0 Å². The second-order valence-electron chi connectivity index (χ2n) is 4.08. The number of phenolic OH excluding ortho intramolecular Hbond substituents is 2. The highest BCUT2D eigenvalue weighted by Crippen LogP contribution is 2.42. The molecule has 21 heavy (non-hydrogen) atoms. The van der Waals surface area contributed by atoms with Crippen molar-refractivity contribution in [3.05, 3.63) is 27.8 Å². The second-order valence-corrected chi connectivity index (χ2v) is 4.08. The monoisotopic (exact) mass is 326 g/mol. The molecule has 0 spiro atoms. The van der Waals surface area contributed by atoms with Gasteiger partial charge in [0.05, 0.1) is 4.92 Å². The lowest BCUT2D eigenvalue weighted by atomic mass is 9.99. The first-order chi connectivity index (χ1) is 9.22. The van der Waals surface area contributed by atoms with Crippen LogP contribution in [0.4, 0.5) is 19.3 Å². The summed E-state index contributed by atoms with van der Waals surface area (Å²) in [4.78, 5) is 20.6. The molecular formula is C10H9ClF2N2O6. The summed E-state index contributed by atoms with van der Waals surface area (Å²) in [6.45, 7) is -1.20. The maximum absolute atomic E-state index is 13.6. The molecule has 1 aromatic carbocycles. The number of phenols is 2. The number of aromatic hydroxyl groups is 2. The van der Waals surface area contributed by atoms with E-state index in [9.17, 15) is 33.9 Å². The van der Waals surface area contributed by atoms with E-state index in [-0.39, 0.29) is 12.4 Å². The number of nitro groups is 1. The average Bonchev–Trinajstić information content (AvgIpc) is 2.35. The van der Waals surface area contributed by atoms with E-state index in [1.54, 1.807) is 0 Å². The Kier molecular flexibility index (Phi) is 4.42. The van der Waals surface area contributed by atoms with Gasteiger partial charge in [0, 0.05) is 6.07 Å². The van der Waals surface area contributed by atoms with Crippen molar-refractivity contribution in [1.29, 1.82) is 0 Å². The summed E-state index contributed by atoms with van der Waals surface area (Å²) in [7, 11) is 0. The Morgan fingerprint density at radius 2 is 2.05 bits per heavy atom. The third-order valence-corrected chi connectivity index (χ3v) is 2.70. The Labute approximate surface area is 121 Å². The van der Waals surface area contributed by atoms with Crippen molar-refractivity contribution in [3.8, 4) is 11.5 Å². The highest BCUT2D eigenvalue weighted by atomic mass is 35.5. The van der Waals surface area contributed by atoms with E-state index in [0.717, 1.165) is 0 Å². The Hall–Kier alpha value is -2.36. The molecule has 0 aliphatic carbocycles. The largest absolute Gasteiger partial charge is 0.504 e. The van der Waals surface area contributed by atoms with Gasteiger partial charge in [-0.3, -0.25) is 10.1 Å². The van der Waals surface area contributed by atoms with Gasteiger partial charge in [0.15, 0.2) is 12.4 Å². The number of halogens is 3. The quantitative estimate of drug-likeness (QED) is 0.433. The van der Waals surface area contributed by atoms with Crippen molar-refractivity contribution in [1.82, 2.24) is 5.32 Å². The van der Waals surface area contributed by atoms with Crippen molar-refractivity contribution < 1.29 is 33.4 Å². The van der Waals surface area contributed by atoms with Crippen molar-refractivity contribution in [2.75, 3.05) is 6.61 Å². The minimum atomic E-state index is -3.52. The summed E-state index contributed by atoms with van der Waals surface area (Å²) in [5, 5.41) is 31.1. The molecule has 1 heterocycles. The van der Waals surface area contributed by atoms with Crippen LogP contribution < -0.4 is 5.32 Å². The van der Waals surface area contributed by atoms with Gasteiger partial charge < -0.3 is 20.3 Å². The van der Waals surface area contributed by atoms with E-state index in [1.807, 2.05) is 5.32 Å². The van der Waals surface area contributed by atoms with Crippen molar-refractivity contribution in [2.24, 2.45) is 0 Å². The number of hydrogen-bond acceptors (Lipinski definition) is 6. The zero-order valence-corrected chi connectivity index (χ0v) is 10.9. The zero-order chi connectivity index (χ0) is 15.1. The highest BCUT2D eigenvalue weighted by Gasteiger charge is 2.47. The number of cyclic esters (lactones) is 1. The maximum atomic E-state index is 13.6. The van der Waals surface area contributed by atoms with Crippen LogP contribution in [0.3, 0.4) is 0 Å². The molecule has 1 aliphatic heterocycles. The molecule has 0 saturated carbocycles. The summed E-state index contributed by atoms with van der Waals surface area (Å²) in [6.07, 6.45) is -1.11. The van der Waals surface area contributed by atoms with Crippen LogP contribution in [0.2, 0.25) is 0 Å². The number of alkyl halides is 2. The summed E-state index contributed by atoms with van der Waals surface area (Å²) in [5.74, 6) is -5.50. The number of nitrogens with zero attached hydrogens (tertiary/aromatic N) is 1. The third-order valence-electron chi connectivity index (χ3n) is 2.70. The lowest BCUT2D eigenvalue weighted by Gasteiger charge is -2.31. The molecule has 3 N–H and O–H groups in total. The van der Waals surface area contributed by atoms with Gasteiger partial charge in [-0.15, -0.1) is 12.4 Å². The topological polar surface area (TPSA) is 122 Å². The molecule has 1 saturated heterocycles. The Morgan fingerprint density at radius 1 is 1.43 bits per heavy atom. The lowest BCUT2D eigenvalue weighted by molar-refractivity contribution is -0.386. The molecule has 1 amide bonds. The van der Waals surface area contributed by atoms with Gasteiger partial charge in [0.1, 0.15) is 6.04 Å². The minimum Gasteiger partial charge on any atom is -0.504 e. The molecule has 0 unspecified atom stereocenters. The molecule has 0 radical (unpaired) electrons. The van der Waals surface area contributed by atoms with Gasteiger partial charge in [0.2, 0.25) is 5.75 Å². The van der Waals surface area contributed by atoms with E-state index in [1.165, 1.54) is 0 Å². The van der Waals surface area contributed by atoms with Crippen molar-refractivity contribution >= 4 is 24.2 Å². The SMILES string of the molecule is Cl.O=C1N[C@H](c2cc(O)c(O)c([N+](=O)[O-])c2)C(F)(F)CO1. The summed E-state index contributed by atoms with van der Waals surface area (Å²) >= 11 is 0. The fraction of sp³-hybridized carbons (Fsp3) is 0.300. The number of carbonyl (C=O) groups is 1. The van der Waals surface area contributed by atoms with E-state index < -0.39 is 52.3 Å². The van der Waals surface area contributed by atoms with Crippen LogP contribution in [0.25, 0.3) is 0 Å². The molecule has 8 nitrogen and oxygen atoms in total. The molecule has 116 valence electrons. The Bertz CT molecular complexity index is 597. The highest BCUT2D eigenvalue weighted by molar-refractivity contribution is 5.85. The average molecular weight is 327 g/mol. The lowest BCUT2D eigenvalue weighted by Crippen LogP contribution is -2.49. The fourth-order valence-electron chi connectivity index (χ4n) is 1.77. The smallest absolute Gasteiger partial charge is 0.408 e. The number of nitro benzene ring substituents is 1. The first-order valence-electron chi connectivity index (χ1n) is 5.24. The summed E-state index contributed by atoms with van der Waals surface area (Å²) in [6, 6.07) is -0.542. The van der Waals surface area contributed by atoms with Crippen LogP contribution in [-0.4, -0.2) is 33.8 Å². The van der Waals surface area contributed by atoms with Gasteiger partial charge in [0.25, 0.3) is 0 Å². The second kappa shape index (κ2) is 5.56. The first-order valence-corrected chi connectivity index (χ1v) is 5.24. The fourth-order valence-corrected chi connectivity index (χ4v) is 1.77. The number of nitrogens with one attached hydrogen (secondary N) is 1. The third kappa shape index (κ3) is 3.05. The number of ether oxygens (including phenoxy) is 1. The van der Waals surface area contributed by atoms with Crippen molar-refractivity contribution in [3.63, 3.8) is 0 Å². The normalized spacial score (nSPS) is 19.9. The van der Waals surface area contributed by atoms with Crippen LogP contribution in [0, 0.1) is 10.1 Å². The number of hydrogen-bond donors (Lipinski definition) is 3. The Morgan fingerprint density at radius 3 is 2.62 bits per heavy atom. The molecule has 0 aromatic heterocycles. The van der Waals surface area contributed by atoms with Crippen LogP contribution in [0.1, 0.15) is 11.6 Å². The molecule has 1 aromatic rings. The number of amides is 1. The van der Waals surface area contributed by atoms with Gasteiger partial charge >= 0.3 is 17.7 Å². The van der Waals surface area contributed by atoms with Gasteiger partial charge in [-0.25, -0.2) is 13.6 Å². The van der Waals surface area contributed by atoms with Crippen LogP contribution in [-0.2, 0) is 4.74 Å². The van der Waals surface area contributed by atoms with E-state index >= 15 is 0 Å². The van der Waals surface area contributed by atoms with Gasteiger partial charge in [-0.05, 0) is 11.6 Å². The number of rotatable bonds is 2. The molecule has 1 aliphatic rings. The van der Waals surface area contributed by atoms with Crippen LogP contribution >= 0.6 is 12.4 Å². The first kappa shape index (κ1) is 16.7. The minimum absolute atomic E-state index is 0. The predicted octanol–water partition coefficient (Wildman–Crippen LogP) is 1.84. The maximum Gasteiger partial charge on any atom is 0.408 e. The molecule has 0 bridgehead atoms. The van der Waals surface area contributed by atoms with E-state index in [0.29, 0.717) is 12.1 Å². The van der Waals surface area contributed by atoms with Crippen LogP contribution in [0.5, 0.6) is 11.5 Å². The van der Waals surface area contributed by atoms with Gasteiger partial charge in [-0.2, -0.15) is 0 Å². The zero-order valence-electron chi connectivity index (χ0n) is 10.1. The summed E-state index contributed by atoms with van der Waals surface area (Å²) < 4.78 is 31.4. The number of carbonyl (C=O) groups excluding carboxylic acids is 1. The van der Waals surface area contributed by atoms with Crippen LogP contribution in [0.15, 0.2) is 12.1 Å². The standard InChI is InChI=1S/C10H8F2N2O6.ClH/c11-10(12)3-20-9(17)13-8(10)4-1-5(14(18)19)7(16)6(15)2-4;/h1-2,8,15-16H,3H2,(H,13,17);1H/t8-;/m1./s1. The molecule has 1 fully saturated rings. The predicted molar refractivity (Wildman–Crippen MR) is 65.8 cm³/mol.